The van der Waals surface area contributed by atoms with E-state index in [4.69, 9.17) is 9.15 Å². The first-order valence-electron chi connectivity index (χ1n) is 11.3. The maximum Gasteiger partial charge on any atom is 0.276 e. The molecular formula is C23H27N5O5S. The van der Waals surface area contributed by atoms with Crippen molar-refractivity contribution in [1.29, 1.82) is 0 Å². The number of nitrogens with zero attached hydrogens (tertiary/aromatic N) is 3. The van der Waals surface area contributed by atoms with E-state index in [0.717, 1.165) is 18.8 Å². The quantitative estimate of drug-likeness (QED) is 0.550. The fraction of sp³-hybridized carbons (Fsp3) is 0.391. The number of morpholine rings is 1. The number of rotatable bonds is 6. The fourth-order valence-corrected chi connectivity index (χ4v) is 5.76. The molecule has 180 valence electrons. The van der Waals surface area contributed by atoms with Gasteiger partial charge in [0.25, 0.3) is 10.0 Å². The van der Waals surface area contributed by atoms with Gasteiger partial charge in [0, 0.05) is 43.8 Å². The number of sulfonamides is 1. The summed E-state index contributed by atoms with van der Waals surface area (Å²) in [5.41, 5.74) is 2.37. The summed E-state index contributed by atoms with van der Waals surface area (Å²) in [6.45, 7) is 3.57. The molecule has 10 nitrogen and oxygen atoms in total. The number of H-pyrrole nitrogens is 1. The molecule has 1 aromatic carbocycles. The Kier molecular flexibility index (Phi) is 6.40. The monoisotopic (exact) mass is 485 g/mol. The Bertz CT molecular complexity index is 1220. The van der Waals surface area contributed by atoms with E-state index in [0.29, 0.717) is 49.7 Å². The molecule has 34 heavy (non-hydrogen) atoms. The predicted octanol–water partition coefficient (Wildman–Crippen LogP) is 2.55. The molecule has 2 saturated heterocycles. The summed E-state index contributed by atoms with van der Waals surface area (Å²) in [4.78, 5) is 15.2. The minimum absolute atomic E-state index is 0.111. The zero-order valence-corrected chi connectivity index (χ0v) is 19.5. The van der Waals surface area contributed by atoms with Gasteiger partial charge < -0.3 is 19.4 Å². The number of piperidine rings is 1. The summed E-state index contributed by atoms with van der Waals surface area (Å²) in [6.07, 6.45) is 2.79. The van der Waals surface area contributed by atoms with Crippen LogP contribution in [0.1, 0.15) is 12.8 Å². The zero-order chi connectivity index (χ0) is 23.5. The van der Waals surface area contributed by atoms with Crippen LogP contribution in [0.4, 0.5) is 11.4 Å². The summed E-state index contributed by atoms with van der Waals surface area (Å²) >= 11 is 0. The second-order valence-electron chi connectivity index (χ2n) is 8.43. The molecule has 2 fully saturated rings. The van der Waals surface area contributed by atoms with Crippen LogP contribution in [0.3, 0.4) is 0 Å². The average Bonchev–Trinajstić information content (AvgIpc) is 3.58. The second kappa shape index (κ2) is 9.61. The van der Waals surface area contributed by atoms with E-state index < -0.39 is 15.9 Å². The molecule has 4 heterocycles. The number of anilines is 2. The number of hydrogen-bond acceptors (Lipinski definition) is 7. The smallest absolute Gasteiger partial charge is 0.276 e. The van der Waals surface area contributed by atoms with Gasteiger partial charge in [-0.15, -0.1) is 0 Å². The van der Waals surface area contributed by atoms with Crippen molar-refractivity contribution in [2.24, 2.45) is 5.92 Å². The normalized spacial score (nSPS) is 19.8. The lowest BCUT2D eigenvalue weighted by Crippen LogP contribution is -2.43. The van der Waals surface area contributed by atoms with Gasteiger partial charge in [-0.2, -0.15) is 9.40 Å². The van der Waals surface area contributed by atoms with Crippen LogP contribution in [0.5, 0.6) is 0 Å². The third-order valence-electron chi connectivity index (χ3n) is 6.21. The van der Waals surface area contributed by atoms with E-state index in [-0.39, 0.29) is 17.5 Å². The van der Waals surface area contributed by atoms with Crippen LogP contribution in [0.2, 0.25) is 0 Å². The number of aromatic nitrogens is 2. The van der Waals surface area contributed by atoms with Crippen LogP contribution in [-0.2, 0) is 19.6 Å². The fourth-order valence-electron chi connectivity index (χ4n) is 4.32. The highest BCUT2D eigenvalue weighted by Gasteiger charge is 2.35. The highest BCUT2D eigenvalue weighted by molar-refractivity contribution is 7.89. The lowest BCUT2D eigenvalue weighted by Gasteiger charge is -2.30. The molecule has 3 aromatic rings. The van der Waals surface area contributed by atoms with Gasteiger partial charge in [-0.1, -0.05) is 0 Å². The summed E-state index contributed by atoms with van der Waals surface area (Å²) in [5, 5.41) is 9.40. The number of aromatic amines is 1. The largest absolute Gasteiger partial charge is 0.442 e. The Hall–Kier alpha value is -3.15. The summed E-state index contributed by atoms with van der Waals surface area (Å²) < 4.78 is 38.6. The number of amides is 1. The Labute approximate surface area is 197 Å². The van der Waals surface area contributed by atoms with Crippen LogP contribution in [0.15, 0.2) is 58.2 Å². The minimum atomic E-state index is -3.85. The summed E-state index contributed by atoms with van der Waals surface area (Å²) in [5.74, 6) is -0.232. The zero-order valence-electron chi connectivity index (χ0n) is 18.6. The predicted molar refractivity (Wildman–Crippen MR) is 126 cm³/mol. The number of benzene rings is 1. The van der Waals surface area contributed by atoms with Gasteiger partial charge in [-0.3, -0.25) is 9.89 Å². The molecule has 0 radical (unpaired) electrons. The molecule has 0 unspecified atom stereocenters. The van der Waals surface area contributed by atoms with Crippen molar-refractivity contribution in [1.82, 2.24) is 14.5 Å². The Morgan fingerprint density at radius 2 is 1.85 bits per heavy atom. The molecule has 0 spiro atoms. The molecule has 2 aliphatic rings. The summed E-state index contributed by atoms with van der Waals surface area (Å²) in [7, 11) is -3.85. The van der Waals surface area contributed by atoms with Crippen molar-refractivity contribution in [3.05, 3.63) is 48.7 Å². The first kappa shape index (κ1) is 22.6. The van der Waals surface area contributed by atoms with Gasteiger partial charge in [-0.25, -0.2) is 8.42 Å². The molecule has 0 saturated carbocycles. The first-order chi connectivity index (χ1) is 16.5. The molecule has 0 aliphatic carbocycles. The lowest BCUT2D eigenvalue weighted by molar-refractivity contribution is -0.120. The molecule has 1 amide bonds. The molecule has 2 aliphatic heterocycles. The number of carbonyl (C=O) groups excluding carboxylic acids is 1. The van der Waals surface area contributed by atoms with Crippen LogP contribution >= 0.6 is 0 Å². The SMILES string of the molecule is O=C(Nc1ccc(N2CCOCC2)cc1)[C@H]1CCCN(S(=O)(=O)c2ccc(-c3ccn[nH]3)o2)C1. The Morgan fingerprint density at radius 3 is 2.59 bits per heavy atom. The van der Waals surface area contributed by atoms with E-state index in [1.54, 1.807) is 18.3 Å². The van der Waals surface area contributed by atoms with E-state index >= 15 is 0 Å². The van der Waals surface area contributed by atoms with Crippen molar-refractivity contribution in [2.75, 3.05) is 49.6 Å². The highest BCUT2D eigenvalue weighted by Crippen LogP contribution is 2.29. The molecule has 2 aromatic heterocycles. The Balaban J connectivity index is 1.22. The second-order valence-corrected chi connectivity index (χ2v) is 10.3. The number of carbonyl (C=O) groups is 1. The standard InChI is InChI=1S/C23H27N5O5S/c29-23(25-18-3-5-19(6-4-18)27-12-14-32-15-13-27)17-2-1-11-28(16-17)34(30,31)22-8-7-21(33-22)20-9-10-24-26-20/h3-10,17H,1-2,11-16H2,(H,24,26)(H,25,29)/t17-/m0/s1. The summed E-state index contributed by atoms with van der Waals surface area (Å²) in [6, 6.07) is 12.4. The average molecular weight is 486 g/mol. The van der Waals surface area contributed by atoms with Crippen LogP contribution in [-0.4, -0.2) is 68.2 Å². The Morgan fingerprint density at radius 1 is 1.06 bits per heavy atom. The highest BCUT2D eigenvalue weighted by atomic mass is 32.2. The van der Waals surface area contributed by atoms with Crippen molar-refractivity contribution >= 4 is 27.3 Å². The lowest BCUT2D eigenvalue weighted by atomic mass is 9.98. The molecule has 2 N–H and O–H groups in total. The van der Waals surface area contributed by atoms with Crippen molar-refractivity contribution < 1.29 is 22.4 Å². The third kappa shape index (κ3) is 4.72. The third-order valence-corrected chi connectivity index (χ3v) is 7.95. The first-order valence-corrected chi connectivity index (χ1v) is 12.8. The van der Waals surface area contributed by atoms with Crippen molar-refractivity contribution in [3.63, 3.8) is 0 Å². The maximum absolute atomic E-state index is 13.1. The van der Waals surface area contributed by atoms with Gasteiger partial charge >= 0.3 is 0 Å². The number of nitrogens with one attached hydrogen (secondary N) is 2. The number of ether oxygens (including phenoxy) is 1. The van der Waals surface area contributed by atoms with Gasteiger partial charge in [0.15, 0.2) is 5.76 Å². The molecule has 1 atom stereocenters. The van der Waals surface area contributed by atoms with E-state index in [1.807, 2.05) is 24.3 Å². The number of hydrogen-bond donors (Lipinski definition) is 2. The van der Waals surface area contributed by atoms with Crippen LogP contribution in [0.25, 0.3) is 11.5 Å². The molecule has 11 heteroatoms. The van der Waals surface area contributed by atoms with E-state index in [9.17, 15) is 13.2 Å². The topological polar surface area (TPSA) is 121 Å². The van der Waals surface area contributed by atoms with Gasteiger partial charge in [0.1, 0.15) is 5.69 Å². The van der Waals surface area contributed by atoms with Crippen LogP contribution in [0, 0.1) is 5.92 Å². The molecule has 0 bridgehead atoms. The maximum atomic E-state index is 13.1. The van der Waals surface area contributed by atoms with E-state index in [2.05, 4.69) is 20.4 Å². The van der Waals surface area contributed by atoms with Crippen LogP contribution < -0.4 is 10.2 Å². The molecular weight excluding hydrogens is 458 g/mol. The van der Waals surface area contributed by atoms with Crippen molar-refractivity contribution in [3.8, 4) is 11.5 Å². The molecule has 5 rings (SSSR count). The van der Waals surface area contributed by atoms with Gasteiger partial charge in [0.2, 0.25) is 11.0 Å². The van der Waals surface area contributed by atoms with Crippen molar-refractivity contribution in [2.45, 2.75) is 17.9 Å². The van der Waals surface area contributed by atoms with E-state index in [1.165, 1.54) is 10.4 Å². The number of furan rings is 1. The van der Waals surface area contributed by atoms with Gasteiger partial charge in [-0.05, 0) is 55.3 Å². The minimum Gasteiger partial charge on any atom is -0.442 e. The van der Waals surface area contributed by atoms with Gasteiger partial charge in [0.05, 0.1) is 19.1 Å².